The van der Waals surface area contributed by atoms with Crippen molar-refractivity contribution in [3.05, 3.63) is 22.4 Å². The first-order chi connectivity index (χ1) is 7.30. The van der Waals surface area contributed by atoms with E-state index in [0.717, 1.165) is 11.3 Å². The summed E-state index contributed by atoms with van der Waals surface area (Å²) in [4.78, 5) is -0.0239. The molecule has 1 aromatic rings. The molecule has 0 saturated carbocycles. The van der Waals surface area contributed by atoms with Crippen molar-refractivity contribution in [1.29, 1.82) is 0 Å². The summed E-state index contributed by atoms with van der Waals surface area (Å²) in [6, 6.07) is 0.687. The van der Waals surface area contributed by atoms with Gasteiger partial charge in [0.15, 0.2) is 0 Å². The normalized spacial score (nSPS) is 15.1. The number of thiophene rings is 1. The van der Waals surface area contributed by atoms with Gasteiger partial charge in [0.2, 0.25) is 0 Å². The maximum Gasteiger partial charge on any atom is 0.455 e. The van der Waals surface area contributed by atoms with Gasteiger partial charge < -0.3 is 5.32 Å². The minimum Gasteiger partial charge on any atom is -0.304 e. The second-order valence-corrected chi connectivity index (χ2v) is 4.11. The highest BCUT2D eigenvalue weighted by Crippen LogP contribution is 2.45. The fraction of sp³-hybridized carbons (Fsp3) is 0.556. The zero-order valence-electron chi connectivity index (χ0n) is 8.31. The van der Waals surface area contributed by atoms with E-state index in [1.807, 2.05) is 0 Å². The van der Waals surface area contributed by atoms with Gasteiger partial charge in [-0.3, -0.25) is 0 Å². The molecule has 1 atom stereocenters. The van der Waals surface area contributed by atoms with Crippen molar-refractivity contribution >= 4 is 11.3 Å². The molecule has 1 rings (SSSR count). The van der Waals surface area contributed by atoms with E-state index in [9.17, 15) is 22.0 Å². The molecule has 1 nitrogen and oxygen atoms in total. The van der Waals surface area contributed by atoms with E-state index in [2.05, 4.69) is 5.32 Å². The predicted molar refractivity (Wildman–Crippen MR) is 51.7 cm³/mol. The van der Waals surface area contributed by atoms with Gasteiger partial charge in [-0.1, -0.05) is 13.0 Å². The average Bonchev–Trinajstić information content (AvgIpc) is 2.64. The Hall–Kier alpha value is -0.690. The number of halogens is 5. The molecule has 0 aliphatic carbocycles. The Morgan fingerprint density at radius 3 is 2.31 bits per heavy atom. The molecule has 0 fully saturated rings. The zero-order chi connectivity index (χ0) is 12.4. The summed E-state index contributed by atoms with van der Waals surface area (Å²) in [5.74, 6) is -4.77. The lowest BCUT2D eigenvalue weighted by Crippen LogP contribution is -2.47. The minimum absolute atomic E-state index is 0.0239. The Bertz CT molecular complexity index is 319. The topological polar surface area (TPSA) is 12.0 Å². The zero-order valence-corrected chi connectivity index (χ0v) is 9.13. The fourth-order valence-corrected chi connectivity index (χ4v) is 2.07. The Balaban J connectivity index is 3.03. The first-order valence-corrected chi connectivity index (χ1v) is 5.40. The lowest BCUT2D eigenvalue weighted by molar-refractivity contribution is -0.294. The van der Waals surface area contributed by atoms with Gasteiger partial charge in [-0.2, -0.15) is 22.0 Å². The van der Waals surface area contributed by atoms with Crippen molar-refractivity contribution in [2.24, 2.45) is 0 Å². The molecule has 0 saturated heterocycles. The maximum atomic E-state index is 13.2. The molecule has 1 heterocycles. The van der Waals surface area contributed by atoms with Crippen molar-refractivity contribution < 1.29 is 22.0 Å². The van der Waals surface area contributed by atoms with Crippen LogP contribution in [0.5, 0.6) is 0 Å². The van der Waals surface area contributed by atoms with Crippen molar-refractivity contribution in [2.75, 3.05) is 6.54 Å². The van der Waals surface area contributed by atoms with Gasteiger partial charge in [0.1, 0.15) is 6.04 Å². The van der Waals surface area contributed by atoms with E-state index in [0.29, 0.717) is 0 Å². The van der Waals surface area contributed by atoms with Gasteiger partial charge in [0.05, 0.1) is 0 Å². The van der Waals surface area contributed by atoms with E-state index < -0.39 is 18.1 Å². The predicted octanol–water partition coefficient (Wildman–Crippen LogP) is 3.60. The smallest absolute Gasteiger partial charge is 0.304 e. The standard InChI is InChI=1S/C9H10F5NS/c1-2-15-7(6-4-3-5-16-6)8(10,11)9(12,13)14/h3-5,7,15H,2H2,1H3. The summed E-state index contributed by atoms with van der Waals surface area (Å²) in [5, 5.41) is 3.64. The van der Waals surface area contributed by atoms with E-state index in [-0.39, 0.29) is 11.4 Å². The third kappa shape index (κ3) is 2.52. The van der Waals surface area contributed by atoms with Crippen LogP contribution in [0.1, 0.15) is 17.8 Å². The van der Waals surface area contributed by atoms with Crippen LogP contribution in [0.25, 0.3) is 0 Å². The monoisotopic (exact) mass is 259 g/mol. The van der Waals surface area contributed by atoms with Crippen LogP contribution in [0, 0.1) is 0 Å². The molecule has 0 radical (unpaired) electrons. The highest BCUT2D eigenvalue weighted by atomic mass is 32.1. The summed E-state index contributed by atoms with van der Waals surface area (Å²) >= 11 is 0.871. The molecule has 0 aliphatic heterocycles. The third-order valence-electron chi connectivity index (χ3n) is 1.98. The molecular weight excluding hydrogens is 249 g/mol. The third-order valence-corrected chi connectivity index (χ3v) is 2.91. The molecule has 1 unspecified atom stereocenters. The minimum atomic E-state index is -5.55. The van der Waals surface area contributed by atoms with E-state index in [1.54, 1.807) is 0 Å². The number of hydrogen-bond acceptors (Lipinski definition) is 2. The molecular formula is C9H10F5NS. The summed E-state index contributed by atoms with van der Waals surface area (Å²) in [6.45, 7) is 1.52. The molecule has 0 aliphatic rings. The second kappa shape index (κ2) is 4.67. The van der Waals surface area contributed by atoms with Gasteiger partial charge >= 0.3 is 12.1 Å². The molecule has 0 spiro atoms. The fourth-order valence-electron chi connectivity index (χ4n) is 1.23. The molecule has 0 bridgehead atoms. The molecule has 92 valence electrons. The number of rotatable bonds is 4. The highest BCUT2D eigenvalue weighted by Gasteiger charge is 2.62. The van der Waals surface area contributed by atoms with Gasteiger partial charge in [-0.25, -0.2) is 0 Å². The average molecular weight is 259 g/mol. The number of alkyl halides is 5. The van der Waals surface area contributed by atoms with Gasteiger partial charge in [-0.15, -0.1) is 11.3 Å². The van der Waals surface area contributed by atoms with Gasteiger partial charge in [0.25, 0.3) is 0 Å². The van der Waals surface area contributed by atoms with Gasteiger partial charge in [-0.05, 0) is 18.0 Å². The van der Waals surface area contributed by atoms with Crippen molar-refractivity contribution in [1.82, 2.24) is 5.32 Å². The quantitative estimate of drug-likeness (QED) is 0.815. The lowest BCUT2D eigenvalue weighted by atomic mass is 10.1. The van der Waals surface area contributed by atoms with E-state index in [4.69, 9.17) is 0 Å². The van der Waals surface area contributed by atoms with Crippen LogP contribution in [0.2, 0.25) is 0 Å². The lowest BCUT2D eigenvalue weighted by Gasteiger charge is -2.28. The summed E-state index contributed by atoms with van der Waals surface area (Å²) in [6.07, 6.45) is -5.55. The van der Waals surface area contributed by atoms with Crippen LogP contribution < -0.4 is 5.32 Å². The molecule has 0 aromatic carbocycles. The number of nitrogens with one attached hydrogen (secondary N) is 1. The van der Waals surface area contributed by atoms with Crippen molar-refractivity contribution in [3.8, 4) is 0 Å². The molecule has 1 N–H and O–H groups in total. The maximum absolute atomic E-state index is 13.2. The van der Waals surface area contributed by atoms with Crippen molar-refractivity contribution in [3.63, 3.8) is 0 Å². The molecule has 0 amide bonds. The van der Waals surface area contributed by atoms with Gasteiger partial charge in [0, 0.05) is 4.88 Å². The van der Waals surface area contributed by atoms with Crippen LogP contribution in [0.3, 0.4) is 0 Å². The largest absolute Gasteiger partial charge is 0.455 e. The highest BCUT2D eigenvalue weighted by molar-refractivity contribution is 7.10. The summed E-state index contributed by atoms with van der Waals surface area (Å²) in [5.41, 5.74) is 0. The second-order valence-electron chi connectivity index (χ2n) is 3.13. The Labute approximate surface area is 93.3 Å². The van der Waals surface area contributed by atoms with Crippen molar-refractivity contribution in [2.45, 2.75) is 25.1 Å². The number of hydrogen-bond donors (Lipinski definition) is 1. The summed E-state index contributed by atoms with van der Waals surface area (Å²) < 4.78 is 63.0. The Morgan fingerprint density at radius 1 is 1.31 bits per heavy atom. The van der Waals surface area contributed by atoms with E-state index >= 15 is 0 Å². The SMILES string of the molecule is CCNC(c1cccs1)C(F)(F)C(F)(F)F. The molecule has 1 aromatic heterocycles. The van der Waals surface area contributed by atoms with E-state index in [1.165, 1.54) is 24.4 Å². The van der Waals surface area contributed by atoms with Crippen LogP contribution in [-0.4, -0.2) is 18.6 Å². The first-order valence-electron chi connectivity index (χ1n) is 4.52. The van der Waals surface area contributed by atoms with Crippen LogP contribution >= 0.6 is 11.3 Å². The Kier molecular flexibility index (Phi) is 3.90. The van der Waals surface area contributed by atoms with Crippen LogP contribution in [0.15, 0.2) is 17.5 Å². The molecule has 16 heavy (non-hydrogen) atoms. The first kappa shape index (κ1) is 13.4. The summed E-state index contributed by atoms with van der Waals surface area (Å²) in [7, 11) is 0. The molecule has 7 heteroatoms. The van der Waals surface area contributed by atoms with Crippen LogP contribution in [0.4, 0.5) is 22.0 Å². The Morgan fingerprint density at radius 2 is 1.94 bits per heavy atom. The van der Waals surface area contributed by atoms with Crippen LogP contribution in [-0.2, 0) is 0 Å².